The van der Waals surface area contributed by atoms with E-state index in [4.69, 9.17) is 5.73 Å². The molecule has 0 saturated carbocycles. The largest absolute Gasteiger partial charge is 0.677 e. The van der Waals surface area contributed by atoms with Gasteiger partial charge in [-0.25, -0.2) is 0 Å². The second kappa shape index (κ2) is 23.3. The van der Waals surface area contributed by atoms with Crippen LogP contribution in [0.5, 0.6) is 0 Å². The summed E-state index contributed by atoms with van der Waals surface area (Å²) in [5.74, 6) is -0.0788. The molecule has 5 nitrogen and oxygen atoms in total. The molecule has 0 saturated heterocycles. The summed E-state index contributed by atoms with van der Waals surface area (Å²) in [6, 6.07) is 0. The zero-order chi connectivity index (χ0) is 7.11. The minimum Gasteiger partial charge on any atom is -0.677 e. The van der Waals surface area contributed by atoms with E-state index in [1.165, 1.54) is 0 Å². The summed E-state index contributed by atoms with van der Waals surface area (Å²) in [5.41, 5.74) is 6.68. The quantitative estimate of drug-likeness (QED) is 0.654. The first-order chi connectivity index (χ1) is 4.31. The molecule has 0 aliphatic heterocycles. The number of amides is 1. The Kier molecular flexibility index (Phi) is 52.3. The minimum absolute atomic E-state index is 0. The average molecular weight is 341 g/mol. The van der Waals surface area contributed by atoms with E-state index in [1.54, 1.807) is 6.08 Å². The topological polar surface area (TPSA) is 116 Å². The second-order valence-electron chi connectivity index (χ2n) is 1.59. The Hall–Kier alpha value is 1.30. The molecule has 0 aromatic heterocycles. The molecule has 7 heteroatoms. The number of hydrogen-bond acceptors (Lipinski definition) is 1. The first kappa shape index (κ1) is 29.2. The monoisotopic (exact) mass is 341 g/mol. The Labute approximate surface area is 129 Å². The van der Waals surface area contributed by atoms with Gasteiger partial charge in [0.05, 0.1) is 0 Å². The molecule has 0 aliphatic rings. The van der Waals surface area contributed by atoms with Crippen molar-refractivity contribution in [3.63, 3.8) is 0 Å². The molecule has 0 aliphatic carbocycles. The van der Waals surface area contributed by atoms with Crippen molar-refractivity contribution in [3.05, 3.63) is 18.4 Å². The van der Waals surface area contributed by atoms with Crippen molar-refractivity contribution in [2.75, 3.05) is 13.1 Å². The Morgan fingerprint density at radius 1 is 1.38 bits per heavy atom. The van der Waals surface area contributed by atoms with Crippen LogP contribution in [0.15, 0.2) is 12.7 Å². The van der Waals surface area contributed by atoms with Crippen LogP contribution >= 0.6 is 0 Å². The predicted octanol–water partition coefficient (Wildman–Crippen LogP) is -0.923. The fourth-order valence-electron chi connectivity index (χ4n) is 0.388. The summed E-state index contributed by atoms with van der Waals surface area (Å²) in [6.45, 7) is 4.09. The van der Waals surface area contributed by atoms with Gasteiger partial charge in [-0.3, -0.25) is 4.79 Å². The van der Waals surface area contributed by atoms with Crippen LogP contribution in [-0.2, 0) is 70.2 Å². The van der Waals surface area contributed by atoms with Crippen LogP contribution in [-0.4, -0.2) is 29.9 Å². The molecular formula is C6H15N2O3Y2-. The maximum atomic E-state index is 10.5. The van der Waals surface area contributed by atoms with Gasteiger partial charge in [-0.15, -0.1) is 13.1 Å². The molecule has 0 spiro atoms. The van der Waals surface area contributed by atoms with Crippen LogP contribution in [0.2, 0.25) is 0 Å². The van der Waals surface area contributed by atoms with Crippen LogP contribution in [0.3, 0.4) is 0 Å². The minimum atomic E-state index is -0.0788. The van der Waals surface area contributed by atoms with Crippen molar-refractivity contribution in [1.82, 2.24) is 5.32 Å². The zero-order valence-electron chi connectivity index (χ0n) is 7.47. The summed E-state index contributed by atoms with van der Waals surface area (Å²) in [7, 11) is 0. The van der Waals surface area contributed by atoms with Gasteiger partial charge >= 0.3 is 0 Å². The van der Waals surface area contributed by atoms with Crippen molar-refractivity contribution in [1.29, 1.82) is 0 Å². The van der Waals surface area contributed by atoms with Gasteiger partial charge in [0.25, 0.3) is 0 Å². The number of rotatable bonds is 4. The molecule has 0 heterocycles. The van der Waals surface area contributed by atoms with Gasteiger partial charge in [-0.1, -0.05) is 6.08 Å². The number of hydrogen-bond donors (Lipinski definition) is 1. The van der Waals surface area contributed by atoms with Crippen LogP contribution in [0.1, 0.15) is 6.42 Å². The molecule has 0 aromatic rings. The van der Waals surface area contributed by atoms with Gasteiger partial charge in [0, 0.05) is 78.4 Å². The van der Waals surface area contributed by atoms with Crippen LogP contribution in [0.4, 0.5) is 0 Å². The third-order valence-electron chi connectivity index (χ3n) is 0.796. The van der Waals surface area contributed by atoms with Gasteiger partial charge in [0.2, 0.25) is 5.91 Å². The Morgan fingerprint density at radius 3 is 2.15 bits per heavy atom. The smallest absolute Gasteiger partial charge is 0.218 e. The third-order valence-corrected chi connectivity index (χ3v) is 0.796. The summed E-state index contributed by atoms with van der Waals surface area (Å²) in [6.07, 6.45) is 1.90. The first-order valence-corrected chi connectivity index (χ1v) is 2.83. The van der Waals surface area contributed by atoms with Gasteiger partial charge in [-0.05, 0) is 0 Å². The van der Waals surface area contributed by atoms with Gasteiger partial charge in [-0.2, -0.15) is 0 Å². The van der Waals surface area contributed by atoms with E-state index in [0.29, 0.717) is 6.54 Å². The first-order valence-electron chi connectivity index (χ1n) is 2.83. The number of carbonyl (C=O) groups is 1. The van der Waals surface area contributed by atoms with Crippen LogP contribution in [0, 0.1) is 0 Å². The number of carbonyl (C=O) groups excluding carboxylic acids is 1. The maximum Gasteiger partial charge on any atom is 0.218 e. The van der Waals surface area contributed by atoms with E-state index >= 15 is 0 Å². The molecule has 0 atom stereocenters. The summed E-state index contributed by atoms with van der Waals surface area (Å²) in [5, 5.41) is 2.56. The standard InChI is InChI=1S/C6H11N2O.2H2O.2Y/c1-2-5-8-6(9)3-4-7;;;;/h2,7H,1,3-5H2,(H,8,9);2*1H2;;/q-1;;;;. The van der Waals surface area contributed by atoms with E-state index < -0.39 is 0 Å². The van der Waals surface area contributed by atoms with E-state index in [9.17, 15) is 4.79 Å². The molecular weight excluding hydrogens is 326 g/mol. The molecule has 2 radical (unpaired) electrons. The molecule has 0 aromatic carbocycles. The number of nitrogens with one attached hydrogen (secondary N) is 2. The van der Waals surface area contributed by atoms with Crippen LogP contribution in [0.25, 0.3) is 5.73 Å². The summed E-state index contributed by atoms with van der Waals surface area (Å²) in [4.78, 5) is 10.5. The third kappa shape index (κ3) is 24.7. The average Bonchev–Trinajstić information content (AvgIpc) is 1.85. The summed E-state index contributed by atoms with van der Waals surface area (Å²) >= 11 is 0. The second-order valence-corrected chi connectivity index (χ2v) is 1.59. The Bertz CT molecular complexity index is 114. The van der Waals surface area contributed by atoms with E-state index in [-0.39, 0.29) is 95.2 Å². The van der Waals surface area contributed by atoms with E-state index in [1.807, 2.05) is 0 Å². The van der Waals surface area contributed by atoms with Gasteiger partial charge < -0.3 is 22.0 Å². The van der Waals surface area contributed by atoms with Gasteiger partial charge in [0.15, 0.2) is 0 Å². The van der Waals surface area contributed by atoms with Gasteiger partial charge in [0.1, 0.15) is 0 Å². The molecule has 13 heavy (non-hydrogen) atoms. The molecule has 6 N–H and O–H groups in total. The van der Waals surface area contributed by atoms with Crippen molar-refractivity contribution in [2.45, 2.75) is 6.42 Å². The fraction of sp³-hybridized carbons (Fsp3) is 0.500. The van der Waals surface area contributed by atoms with E-state index in [2.05, 4.69) is 11.9 Å². The normalized spacial score (nSPS) is 5.92. The molecule has 0 bridgehead atoms. The van der Waals surface area contributed by atoms with Crippen molar-refractivity contribution < 1.29 is 81.2 Å². The zero-order valence-corrected chi connectivity index (χ0v) is 13.1. The van der Waals surface area contributed by atoms with Crippen molar-refractivity contribution in [3.8, 4) is 0 Å². The molecule has 1 amide bonds. The predicted molar refractivity (Wildman–Crippen MR) is 44.2 cm³/mol. The molecule has 74 valence electrons. The maximum absolute atomic E-state index is 10.5. The van der Waals surface area contributed by atoms with Crippen molar-refractivity contribution >= 4 is 5.91 Å². The Morgan fingerprint density at radius 2 is 1.85 bits per heavy atom. The SMILES string of the molecule is C=CCNC(=O)CC[NH-].O.O.[Y].[Y]. The molecule has 0 unspecified atom stereocenters. The summed E-state index contributed by atoms with van der Waals surface area (Å²) < 4.78 is 0. The fourth-order valence-corrected chi connectivity index (χ4v) is 0.388. The molecule has 0 rings (SSSR count). The molecule has 0 fully saturated rings. The van der Waals surface area contributed by atoms with Crippen LogP contribution < -0.4 is 5.32 Å². The van der Waals surface area contributed by atoms with E-state index in [0.717, 1.165) is 0 Å². The Balaban J connectivity index is -0.0000000533. The van der Waals surface area contributed by atoms with Crippen molar-refractivity contribution in [2.24, 2.45) is 0 Å².